The van der Waals surface area contributed by atoms with E-state index in [1.54, 1.807) is 0 Å². The molecule has 0 spiro atoms. The van der Waals surface area contributed by atoms with E-state index in [0.717, 1.165) is 22.2 Å². The standard InChI is InChI=1S/C17H22N2O3/c1-10(2)8-15(17(21)22)19-16(20)9-13-11(3)18-14-7-5-4-6-12(13)14/h4-7,10,15,18H,8-9H2,1-3H3,(H,19,20)(H,21,22). The van der Waals surface area contributed by atoms with Gasteiger partial charge >= 0.3 is 5.97 Å². The molecule has 1 unspecified atom stereocenters. The molecule has 118 valence electrons. The second-order valence-electron chi connectivity index (χ2n) is 6.04. The fraction of sp³-hybridized carbons (Fsp3) is 0.412. The van der Waals surface area contributed by atoms with E-state index in [2.05, 4.69) is 10.3 Å². The Morgan fingerprint density at radius 1 is 1.27 bits per heavy atom. The fourth-order valence-electron chi connectivity index (χ4n) is 2.66. The van der Waals surface area contributed by atoms with Crippen LogP contribution in [0.15, 0.2) is 24.3 Å². The van der Waals surface area contributed by atoms with Gasteiger partial charge in [0.15, 0.2) is 0 Å². The molecule has 0 saturated heterocycles. The van der Waals surface area contributed by atoms with Crippen LogP contribution in [0, 0.1) is 12.8 Å². The molecule has 0 bridgehead atoms. The van der Waals surface area contributed by atoms with Crippen molar-refractivity contribution in [2.75, 3.05) is 0 Å². The Morgan fingerprint density at radius 3 is 2.59 bits per heavy atom. The Hall–Kier alpha value is -2.30. The van der Waals surface area contributed by atoms with E-state index < -0.39 is 12.0 Å². The van der Waals surface area contributed by atoms with E-state index >= 15 is 0 Å². The number of H-pyrrole nitrogens is 1. The average Bonchev–Trinajstić information content (AvgIpc) is 2.74. The third-order valence-corrected chi connectivity index (χ3v) is 3.70. The molecule has 1 aromatic carbocycles. The number of hydrogen-bond donors (Lipinski definition) is 3. The zero-order valence-corrected chi connectivity index (χ0v) is 13.1. The highest BCUT2D eigenvalue weighted by Gasteiger charge is 2.22. The second-order valence-corrected chi connectivity index (χ2v) is 6.04. The highest BCUT2D eigenvalue weighted by Crippen LogP contribution is 2.22. The van der Waals surface area contributed by atoms with Crippen LogP contribution in [0.25, 0.3) is 10.9 Å². The van der Waals surface area contributed by atoms with Crippen molar-refractivity contribution in [1.82, 2.24) is 10.3 Å². The van der Waals surface area contributed by atoms with Crippen LogP contribution in [0.2, 0.25) is 0 Å². The van der Waals surface area contributed by atoms with Crippen LogP contribution in [0.5, 0.6) is 0 Å². The number of aliphatic carboxylic acids is 1. The van der Waals surface area contributed by atoms with Gasteiger partial charge in [-0.15, -0.1) is 0 Å². The molecule has 0 aliphatic carbocycles. The average molecular weight is 302 g/mol. The number of aromatic amines is 1. The lowest BCUT2D eigenvalue weighted by molar-refractivity contribution is -0.142. The van der Waals surface area contributed by atoms with E-state index in [1.165, 1.54) is 0 Å². The number of nitrogens with one attached hydrogen (secondary N) is 2. The maximum Gasteiger partial charge on any atom is 0.326 e. The van der Waals surface area contributed by atoms with Crippen molar-refractivity contribution < 1.29 is 14.7 Å². The van der Waals surface area contributed by atoms with E-state index in [4.69, 9.17) is 0 Å². The van der Waals surface area contributed by atoms with Crippen LogP contribution in [-0.2, 0) is 16.0 Å². The first-order valence-electron chi connectivity index (χ1n) is 7.46. The van der Waals surface area contributed by atoms with E-state index in [-0.39, 0.29) is 18.2 Å². The molecule has 0 fully saturated rings. The molecule has 5 nitrogen and oxygen atoms in total. The van der Waals surface area contributed by atoms with Crippen LogP contribution in [0.4, 0.5) is 0 Å². The second kappa shape index (κ2) is 6.64. The molecular formula is C17H22N2O3. The molecule has 0 saturated carbocycles. The zero-order chi connectivity index (χ0) is 16.3. The monoisotopic (exact) mass is 302 g/mol. The molecule has 3 N–H and O–H groups in total. The molecule has 2 rings (SSSR count). The molecule has 1 amide bonds. The molecule has 1 heterocycles. The number of aryl methyl sites for hydroxylation is 1. The van der Waals surface area contributed by atoms with Gasteiger partial charge in [-0.1, -0.05) is 32.0 Å². The van der Waals surface area contributed by atoms with Crippen molar-refractivity contribution in [2.24, 2.45) is 5.92 Å². The molecule has 5 heteroatoms. The van der Waals surface area contributed by atoms with Crippen LogP contribution in [0.1, 0.15) is 31.5 Å². The Bertz CT molecular complexity index is 688. The quantitative estimate of drug-likeness (QED) is 0.767. The first kappa shape index (κ1) is 16.1. The summed E-state index contributed by atoms with van der Waals surface area (Å²) in [5, 5.41) is 12.8. The van der Waals surface area contributed by atoms with Crippen molar-refractivity contribution in [2.45, 2.75) is 39.7 Å². The first-order chi connectivity index (χ1) is 10.4. The minimum Gasteiger partial charge on any atom is -0.480 e. The lowest BCUT2D eigenvalue weighted by Crippen LogP contribution is -2.42. The number of amides is 1. The number of benzene rings is 1. The summed E-state index contributed by atoms with van der Waals surface area (Å²) in [5.74, 6) is -1.05. The summed E-state index contributed by atoms with van der Waals surface area (Å²) in [6, 6.07) is 6.95. The smallest absolute Gasteiger partial charge is 0.326 e. The van der Waals surface area contributed by atoms with Gasteiger partial charge in [0.05, 0.1) is 6.42 Å². The van der Waals surface area contributed by atoms with E-state index in [9.17, 15) is 14.7 Å². The van der Waals surface area contributed by atoms with Gasteiger partial charge in [-0.2, -0.15) is 0 Å². The molecule has 22 heavy (non-hydrogen) atoms. The Balaban J connectivity index is 2.13. The highest BCUT2D eigenvalue weighted by molar-refractivity contribution is 5.91. The zero-order valence-electron chi connectivity index (χ0n) is 13.1. The summed E-state index contributed by atoms with van der Waals surface area (Å²) in [7, 11) is 0. The summed E-state index contributed by atoms with van der Waals surface area (Å²) in [5.41, 5.74) is 2.84. The minimum atomic E-state index is -0.988. The predicted octanol–water partition coefficient (Wildman–Crippen LogP) is 2.63. The van der Waals surface area contributed by atoms with Gasteiger partial charge < -0.3 is 15.4 Å². The predicted molar refractivity (Wildman–Crippen MR) is 85.8 cm³/mol. The fourth-order valence-corrected chi connectivity index (χ4v) is 2.66. The molecule has 1 aromatic heterocycles. The number of carbonyl (C=O) groups excluding carboxylic acids is 1. The van der Waals surface area contributed by atoms with Gasteiger partial charge in [0.2, 0.25) is 5.91 Å². The van der Waals surface area contributed by atoms with Gasteiger partial charge in [0.25, 0.3) is 0 Å². The molecule has 0 radical (unpaired) electrons. The topological polar surface area (TPSA) is 82.2 Å². The molecule has 0 aliphatic heterocycles. The van der Waals surface area contributed by atoms with E-state index in [0.29, 0.717) is 6.42 Å². The van der Waals surface area contributed by atoms with Crippen LogP contribution in [0.3, 0.4) is 0 Å². The van der Waals surface area contributed by atoms with Crippen molar-refractivity contribution in [3.63, 3.8) is 0 Å². The van der Waals surface area contributed by atoms with Crippen molar-refractivity contribution in [3.8, 4) is 0 Å². The normalized spacial score (nSPS) is 12.5. The maximum atomic E-state index is 12.2. The van der Waals surface area contributed by atoms with Crippen molar-refractivity contribution in [1.29, 1.82) is 0 Å². The minimum absolute atomic E-state index is 0.178. The number of carboxylic acids is 1. The van der Waals surface area contributed by atoms with E-state index in [1.807, 2.05) is 45.0 Å². The first-order valence-corrected chi connectivity index (χ1v) is 7.46. The number of rotatable bonds is 6. The summed E-state index contributed by atoms with van der Waals surface area (Å²) < 4.78 is 0. The van der Waals surface area contributed by atoms with Gasteiger partial charge in [-0.25, -0.2) is 4.79 Å². The molecular weight excluding hydrogens is 280 g/mol. The lowest BCUT2D eigenvalue weighted by atomic mass is 10.0. The number of fused-ring (bicyclic) bond motifs is 1. The maximum absolute atomic E-state index is 12.2. The Morgan fingerprint density at radius 2 is 1.95 bits per heavy atom. The summed E-state index contributed by atoms with van der Waals surface area (Å²) in [6.45, 7) is 5.79. The number of carboxylic acid groups (broad SMARTS) is 1. The lowest BCUT2D eigenvalue weighted by Gasteiger charge is -2.16. The van der Waals surface area contributed by atoms with Crippen molar-refractivity contribution >= 4 is 22.8 Å². The molecule has 1 atom stereocenters. The highest BCUT2D eigenvalue weighted by atomic mass is 16.4. The van der Waals surface area contributed by atoms with Crippen LogP contribution < -0.4 is 5.32 Å². The van der Waals surface area contributed by atoms with Gasteiger partial charge in [0.1, 0.15) is 6.04 Å². The Labute approximate surface area is 129 Å². The molecule has 2 aromatic rings. The van der Waals surface area contributed by atoms with Crippen molar-refractivity contribution in [3.05, 3.63) is 35.5 Å². The van der Waals surface area contributed by atoms with Gasteiger partial charge in [0, 0.05) is 16.6 Å². The Kier molecular flexibility index (Phi) is 4.85. The van der Waals surface area contributed by atoms with Gasteiger partial charge in [-0.05, 0) is 30.9 Å². The third-order valence-electron chi connectivity index (χ3n) is 3.70. The number of para-hydroxylation sites is 1. The summed E-state index contributed by atoms with van der Waals surface area (Å²) in [4.78, 5) is 26.7. The summed E-state index contributed by atoms with van der Waals surface area (Å²) in [6.07, 6.45) is 0.603. The SMILES string of the molecule is Cc1[nH]c2ccccc2c1CC(=O)NC(CC(C)C)C(=O)O. The van der Waals surface area contributed by atoms with Crippen LogP contribution >= 0.6 is 0 Å². The number of carbonyl (C=O) groups is 2. The van der Waals surface area contributed by atoms with Gasteiger partial charge in [-0.3, -0.25) is 4.79 Å². The number of hydrogen-bond acceptors (Lipinski definition) is 2. The summed E-state index contributed by atoms with van der Waals surface area (Å²) >= 11 is 0. The number of aromatic nitrogens is 1. The molecule has 0 aliphatic rings. The van der Waals surface area contributed by atoms with Crippen LogP contribution in [-0.4, -0.2) is 28.0 Å². The largest absolute Gasteiger partial charge is 0.480 e. The third kappa shape index (κ3) is 3.67.